The molecule has 0 radical (unpaired) electrons. The van der Waals surface area contributed by atoms with E-state index in [1.54, 1.807) is 12.3 Å². The summed E-state index contributed by atoms with van der Waals surface area (Å²) in [6.45, 7) is 0. The Hall–Kier alpha value is -1.59. The maximum atomic E-state index is 12.2. The number of hydrogen-bond donors (Lipinski definition) is 1. The molecule has 102 valence electrons. The summed E-state index contributed by atoms with van der Waals surface area (Å²) < 4.78 is 0. The quantitative estimate of drug-likeness (QED) is 0.683. The highest BCUT2D eigenvalue weighted by molar-refractivity contribution is 7.98. The summed E-state index contributed by atoms with van der Waals surface area (Å²) in [5.41, 5.74) is 1.73. The van der Waals surface area contributed by atoms with Gasteiger partial charge in [-0.3, -0.25) is 4.79 Å². The molecule has 3 rings (SSSR count). The molecule has 0 bridgehead atoms. The highest BCUT2D eigenvalue weighted by atomic mass is 35.5. The first-order chi connectivity index (χ1) is 9.69. The van der Waals surface area contributed by atoms with Gasteiger partial charge >= 0.3 is 0 Å². The van der Waals surface area contributed by atoms with Gasteiger partial charge in [0, 0.05) is 27.8 Å². The van der Waals surface area contributed by atoms with Gasteiger partial charge in [-0.1, -0.05) is 35.5 Å². The molecule has 6 heteroatoms. The molecule has 4 nitrogen and oxygen atoms in total. The summed E-state index contributed by atoms with van der Waals surface area (Å²) in [4.78, 5) is 23.5. The summed E-state index contributed by atoms with van der Waals surface area (Å²) >= 11 is 7.63. The van der Waals surface area contributed by atoms with Crippen LogP contribution in [0.5, 0.6) is 0 Å². The average Bonchev–Trinajstić information content (AvgIpc) is 2.47. The van der Waals surface area contributed by atoms with E-state index in [0.717, 1.165) is 23.8 Å². The van der Waals surface area contributed by atoms with Crippen LogP contribution in [-0.2, 0) is 0 Å². The molecule has 2 aromatic rings. The fourth-order valence-electron chi connectivity index (χ4n) is 2.16. The van der Waals surface area contributed by atoms with Gasteiger partial charge in [0.1, 0.15) is 5.65 Å². The number of halogens is 1. The SMILES string of the molecule is CSc1ncc2cc(C3=CCCC=C3Cl)c(=O)[nH]c2n1. The Labute approximate surface area is 125 Å². The minimum atomic E-state index is -0.178. The van der Waals surface area contributed by atoms with Crippen molar-refractivity contribution < 1.29 is 0 Å². The van der Waals surface area contributed by atoms with Gasteiger partial charge in [0.2, 0.25) is 0 Å². The van der Waals surface area contributed by atoms with Gasteiger partial charge in [-0.25, -0.2) is 9.97 Å². The minimum Gasteiger partial charge on any atom is -0.306 e. The summed E-state index contributed by atoms with van der Waals surface area (Å²) in [6, 6.07) is 1.80. The fourth-order valence-corrected chi connectivity index (χ4v) is 2.79. The molecule has 0 unspecified atom stereocenters. The standard InChI is InChI=1S/C14H12ClN3OS/c1-20-14-16-7-8-6-10(13(19)17-12(8)18-14)9-4-2-3-5-11(9)15/h4-7H,2-3H2,1H3,(H,16,17,18,19). The first-order valence-corrected chi connectivity index (χ1v) is 7.80. The van der Waals surface area contributed by atoms with Crippen LogP contribution >= 0.6 is 23.4 Å². The van der Waals surface area contributed by atoms with E-state index in [1.807, 2.05) is 18.4 Å². The van der Waals surface area contributed by atoms with Crippen molar-refractivity contribution in [2.75, 3.05) is 6.26 Å². The highest BCUT2D eigenvalue weighted by Crippen LogP contribution is 2.29. The number of rotatable bonds is 2. The normalized spacial score (nSPS) is 15.1. The van der Waals surface area contributed by atoms with E-state index in [9.17, 15) is 4.79 Å². The number of pyridine rings is 1. The Balaban J connectivity index is 2.18. The van der Waals surface area contributed by atoms with Crippen molar-refractivity contribution in [3.05, 3.63) is 45.4 Å². The summed E-state index contributed by atoms with van der Waals surface area (Å²) in [5, 5.41) is 2.06. The molecule has 1 aliphatic carbocycles. The molecule has 1 N–H and O–H groups in total. The van der Waals surface area contributed by atoms with Gasteiger partial charge in [0.05, 0.1) is 0 Å². The van der Waals surface area contributed by atoms with Gasteiger partial charge in [0.25, 0.3) is 5.56 Å². The van der Waals surface area contributed by atoms with E-state index in [1.165, 1.54) is 11.8 Å². The van der Waals surface area contributed by atoms with Crippen LogP contribution in [0.15, 0.2) is 39.4 Å². The third kappa shape index (κ3) is 2.39. The first-order valence-electron chi connectivity index (χ1n) is 6.19. The molecule has 1 aliphatic rings. The Morgan fingerprint density at radius 1 is 1.35 bits per heavy atom. The lowest BCUT2D eigenvalue weighted by molar-refractivity contribution is 0.986. The van der Waals surface area contributed by atoms with Crippen molar-refractivity contribution in [2.45, 2.75) is 18.0 Å². The molecule has 0 spiro atoms. The number of allylic oxidation sites excluding steroid dienone is 4. The minimum absolute atomic E-state index is 0.178. The van der Waals surface area contributed by atoms with Crippen LogP contribution in [0.1, 0.15) is 18.4 Å². The van der Waals surface area contributed by atoms with Crippen molar-refractivity contribution in [1.82, 2.24) is 15.0 Å². The number of hydrogen-bond acceptors (Lipinski definition) is 4. The summed E-state index contributed by atoms with van der Waals surface area (Å²) in [6.07, 6.45) is 9.35. The zero-order valence-electron chi connectivity index (χ0n) is 10.8. The number of H-pyrrole nitrogens is 1. The Bertz CT molecular complexity index is 795. The Morgan fingerprint density at radius 2 is 2.15 bits per heavy atom. The third-order valence-corrected chi connectivity index (χ3v) is 4.06. The molecule has 0 amide bonds. The lowest BCUT2D eigenvalue weighted by atomic mass is 10.00. The number of nitrogens with one attached hydrogen (secondary N) is 1. The number of aromatic nitrogens is 3. The predicted molar refractivity (Wildman–Crippen MR) is 83.1 cm³/mol. The van der Waals surface area contributed by atoms with E-state index in [2.05, 4.69) is 15.0 Å². The third-order valence-electron chi connectivity index (χ3n) is 3.14. The van der Waals surface area contributed by atoms with Crippen molar-refractivity contribution in [2.24, 2.45) is 0 Å². The van der Waals surface area contributed by atoms with E-state index in [-0.39, 0.29) is 5.56 Å². The highest BCUT2D eigenvalue weighted by Gasteiger charge is 2.14. The van der Waals surface area contributed by atoms with E-state index in [4.69, 9.17) is 11.6 Å². The van der Waals surface area contributed by atoms with Crippen LogP contribution in [0.4, 0.5) is 0 Å². The first kappa shape index (κ1) is 13.4. The van der Waals surface area contributed by atoms with Crippen LogP contribution in [0.25, 0.3) is 16.6 Å². The molecule has 0 atom stereocenters. The van der Waals surface area contributed by atoms with Gasteiger partial charge in [-0.05, 0) is 25.2 Å². The monoisotopic (exact) mass is 305 g/mol. The average molecular weight is 306 g/mol. The second-order valence-electron chi connectivity index (χ2n) is 4.42. The molecule has 0 fully saturated rings. The number of thioether (sulfide) groups is 1. The fraction of sp³-hybridized carbons (Fsp3) is 0.214. The zero-order valence-corrected chi connectivity index (χ0v) is 12.4. The molecule has 0 aliphatic heterocycles. The Kier molecular flexibility index (Phi) is 3.63. The second-order valence-corrected chi connectivity index (χ2v) is 5.60. The van der Waals surface area contributed by atoms with Gasteiger partial charge in [-0.2, -0.15) is 0 Å². The lowest BCUT2D eigenvalue weighted by Gasteiger charge is -2.11. The van der Waals surface area contributed by atoms with Crippen LogP contribution in [0.2, 0.25) is 0 Å². The van der Waals surface area contributed by atoms with E-state index < -0.39 is 0 Å². The van der Waals surface area contributed by atoms with E-state index in [0.29, 0.717) is 21.4 Å². The predicted octanol–water partition coefficient (Wildman–Crippen LogP) is 3.34. The Morgan fingerprint density at radius 3 is 2.90 bits per heavy atom. The van der Waals surface area contributed by atoms with Gasteiger partial charge in [-0.15, -0.1) is 0 Å². The molecule has 2 aromatic heterocycles. The second kappa shape index (κ2) is 5.42. The molecule has 2 heterocycles. The molecule has 0 aromatic carbocycles. The maximum Gasteiger partial charge on any atom is 0.257 e. The topological polar surface area (TPSA) is 58.6 Å². The smallest absolute Gasteiger partial charge is 0.257 e. The van der Waals surface area contributed by atoms with Crippen molar-refractivity contribution in [1.29, 1.82) is 0 Å². The molecular weight excluding hydrogens is 294 g/mol. The lowest BCUT2D eigenvalue weighted by Crippen LogP contribution is -2.13. The number of aromatic amines is 1. The summed E-state index contributed by atoms with van der Waals surface area (Å²) in [7, 11) is 0. The molecule has 0 saturated heterocycles. The zero-order chi connectivity index (χ0) is 14.1. The molecule has 0 saturated carbocycles. The van der Waals surface area contributed by atoms with Gasteiger partial charge < -0.3 is 4.98 Å². The summed E-state index contributed by atoms with van der Waals surface area (Å²) in [5.74, 6) is 0. The number of nitrogens with zero attached hydrogens (tertiary/aromatic N) is 2. The number of fused-ring (bicyclic) bond motifs is 1. The van der Waals surface area contributed by atoms with Crippen molar-refractivity contribution >= 4 is 40.0 Å². The van der Waals surface area contributed by atoms with Crippen LogP contribution < -0.4 is 5.56 Å². The van der Waals surface area contributed by atoms with Crippen molar-refractivity contribution in [3.8, 4) is 0 Å². The largest absolute Gasteiger partial charge is 0.306 e. The maximum absolute atomic E-state index is 12.2. The van der Waals surface area contributed by atoms with Crippen molar-refractivity contribution in [3.63, 3.8) is 0 Å². The van der Waals surface area contributed by atoms with Crippen LogP contribution in [0, 0.1) is 0 Å². The molecule has 20 heavy (non-hydrogen) atoms. The van der Waals surface area contributed by atoms with E-state index >= 15 is 0 Å². The van der Waals surface area contributed by atoms with Gasteiger partial charge in [0.15, 0.2) is 5.16 Å². The van der Waals surface area contributed by atoms with Crippen LogP contribution in [-0.4, -0.2) is 21.2 Å². The molecular formula is C14H12ClN3OS. The van der Waals surface area contributed by atoms with Crippen LogP contribution in [0.3, 0.4) is 0 Å².